The van der Waals surface area contributed by atoms with Crippen LogP contribution >= 0.6 is 11.8 Å². The summed E-state index contributed by atoms with van der Waals surface area (Å²) >= 11 is 1.48. The molecule has 1 fully saturated rings. The molecule has 35 heavy (non-hydrogen) atoms. The van der Waals surface area contributed by atoms with Gasteiger partial charge in [0.25, 0.3) is 5.89 Å². The number of aryl methyl sites for hydroxylation is 1. The highest BCUT2D eigenvalue weighted by Crippen LogP contribution is 2.38. The van der Waals surface area contributed by atoms with Gasteiger partial charge in [0.1, 0.15) is 11.9 Å². The smallest absolute Gasteiger partial charge is 0.286 e. The van der Waals surface area contributed by atoms with Crippen LogP contribution in [0.1, 0.15) is 52.5 Å². The Morgan fingerprint density at radius 1 is 1.14 bits per heavy atom. The average molecular weight is 493 g/mol. The molecule has 1 aromatic heterocycles. The zero-order valence-electron chi connectivity index (χ0n) is 19.9. The number of aromatic nitrogens is 2. The molecule has 0 aliphatic carbocycles. The molecule has 0 bridgehead atoms. The van der Waals surface area contributed by atoms with E-state index >= 15 is 0 Å². The first-order valence-electron chi connectivity index (χ1n) is 11.5. The molecule has 0 unspecified atom stereocenters. The van der Waals surface area contributed by atoms with Gasteiger partial charge in [0.05, 0.1) is 18.2 Å². The summed E-state index contributed by atoms with van der Waals surface area (Å²) < 4.78 is 5.64. The Labute approximate surface area is 208 Å². The fraction of sp³-hybridized carbons (Fsp3) is 0.346. The van der Waals surface area contributed by atoms with E-state index in [4.69, 9.17) is 4.42 Å². The molecule has 4 rings (SSSR count). The van der Waals surface area contributed by atoms with Crippen LogP contribution < -0.4 is 5.32 Å². The maximum atomic E-state index is 13.1. The van der Waals surface area contributed by atoms with Crippen LogP contribution in [0.5, 0.6) is 0 Å². The van der Waals surface area contributed by atoms with E-state index in [1.165, 1.54) is 11.8 Å². The summed E-state index contributed by atoms with van der Waals surface area (Å²) in [5.74, 6) is -0.673. The lowest BCUT2D eigenvalue weighted by atomic mass is 9.99. The number of carbonyl (C=O) groups excluding carboxylic acids is 3. The van der Waals surface area contributed by atoms with Crippen molar-refractivity contribution >= 4 is 29.4 Å². The first-order valence-corrected chi connectivity index (χ1v) is 12.5. The topological polar surface area (TPSA) is 105 Å². The van der Waals surface area contributed by atoms with E-state index in [9.17, 15) is 14.4 Å². The van der Waals surface area contributed by atoms with Crippen molar-refractivity contribution in [2.24, 2.45) is 5.92 Å². The Hall–Kier alpha value is -3.46. The molecule has 3 aromatic rings. The van der Waals surface area contributed by atoms with Gasteiger partial charge in [0.15, 0.2) is 0 Å². The van der Waals surface area contributed by atoms with Crippen molar-refractivity contribution in [3.63, 3.8) is 0 Å². The van der Waals surface area contributed by atoms with Crippen LogP contribution in [0, 0.1) is 12.8 Å². The Morgan fingerprint density at radius 2 is 1.91 bits per heavy atom. The van der Waals surface area contributed by atoms with Gasteiger partial charge in [-0.15, -0.1) is 22.0 Å². The van der Waals surface area contributed by atoms with Crippen LogP contribution in [0.2, 0.25) is 0 Å². The van der Waals surface area contributed by atoms with E-state index in [0.717, 1.165) is 16.7 Å². The first kappa shape index (κ1) is 24.7. The van der Waals surface area contributed by atoms with Gasteiger partial charge < -0.3 is 14.6 Å². The molecule has 1 aliphatic heterocycles. The highest BCUT2D eigenvalue weighted by molar-refractivity contribution is 8.00. The van der Waals surface area contributed by atoms with Crippen LogP contribution in [0.4, 0.5) is 0 Å². The van der Waals surface area contributed by atoms with Crippen LogP contribution in [0.25, 0.3) is 0 Å². The number of benzene rings is 2. The van der Waals surface area contributed by atoms with Gasteiger partial charge in [-0.25, -0.2) is 0 Å². The van der Waals surface area contributed by atoms with Gasteiger partial charge in [0, 0.05) is 0 Å². The second-order valence-electron chi connectivity index (χ2n) is 8.92. The number of thioether (sulfide) groups is 1. The van der Waals surface area contributed by atoms with Crippen molar-refractivity contribution in [2.75, 3.05) is 12.3 Å². The summed E-state index contributed by atoms with van der Waals surface area (Å²) in [5.41, 5.74) is 3.08. The lowest BCUT2D eigenvalue weighted by molar-refractivity contribution is -0.134. The van der Waals surface area contributed by atoms with Gasteiger partial charge in [-0.1, -0.05) is 74.0 Å². The molecule has 2 aromatic carbocycles. The minimum Gasteiger partial charge on any atom is -0.418 e. The lowest BCUT2D eigenvalue weighted by Gasteiger charge is -2.25. The summed E-state index contributed by atoms with van der Waals surface area (Å²) in [4.78, 5) is 40.1. The molecular formula is C26H28N4O4S. The molecule has 9 heteroatoms. The van der Waals surface area contributed by atoms with E-state index in [-0.39, 0.29) is 29.6 Å². The second-order valence-corrected chi connectivity index (χ2v) is 9.98. The largest absolute Gasteiger partial charge is 0.418 e. The Morgan fingerprint density at radius 3 is 2.63 bits per heavy atom. The van der Waals surface area contributed by atoms with Crippen molar-refractivity contribution in [3.8, 4) is 0 Å². The maximum absolute atomic E-state index is 13.1. The van der Waals surface area contributed by atoms with Crippen LogP contribution in [-0.2, 0) is 16.0 Å². The molecule has 2 atom stereocenters. The lowest BCUT2D eigenvalue weighted by Crippen LogP contribution is -2.48. The minimum atomic E-state index is -0.852. The Kier molecular flexibility index (Phi) is 7.65. The molecule has 1 N–H and O–H groups in total. The van der Waals surface area contributed by atoms with Gasteiger partial charge >= 0.3 is 0 Å². The van der Waals surface area contributed by atoms with Crippen molar-refractivity contribution in [2.45, 2.75) is 38.6 Å². The van der Waals surface area contributed by atoms with E-state index in [1.54, 1.807) is 4.90 Å². The highest BCUT2D eigenvalue weighted by atomic mass is 32.2. The predicted molar refractivity (Wildman–Crippen MR) is 133 cm³/mol. The van der Waals surface area contributed by atoms with Crippen molar-refractivity contribution in [1.29, 1.82) is 0 Å². The molecule has 1 aliphatic rings. The third-order valence-corrected chi connectivity index (χ3v) is 7.00. The normalized spacial score (nSPS) is 16.5. The zero-order valence-corrected chi connectivity index (χ0v) is 20.7. The molecule has 2 amide bonds. The number of nitrogens with one attached hydrogen (secondary N) is 1. The summed E-state index contributed by atoms with van der Waals surface area (Å²) in [6, 6.07) is 16.7. The molecule has 8 nitrogen and oxygen atoms in total. The number of hydrogen-bond donors (Lipinski definition) is 1. The number of nitrogens with zero attached hydrogens (tertiary/aromatic N) is 3. The Bertz CT molecular complexity index is 1210. The van der Waals surface area contributed by atoms with Gasteiger partial charge in [-0.2, -0.15) is 0 Å². The highest BCUT2D eigenvalue weighted by Gasteiger charge is 2.36. The molecule has 0 spiro atoms. The minimum absolute atomic E-state index is 0.107. The molecule has 0 radical (unpaired) electrons. The molecule has 2 heterocycles. The molecule has 182 valence electrons. The predicted octanol–water partition coefficient (Wildman–Crippen LogP) is 3.57. The van der Waals surface area contributed by atoms with Crippen molar-refractivity contribution < 1.29 is 18.8 Å². The summed E-state index contributed by atoms with van der Waals surface area (Å²) in [6.45, 7) is 5.52. The number of rotatable bonds is 9. The van der Waals surface area contributed by atoms with Gasteiger partial charge in [0.2, 0.25) is 23.5 Å². The number of hydrogen-bond acceptors (Lipinski definition) is 7. The SMILES string of the molecule is Cc1cccc(Cc2nnc(C(=O)[C@@H](NC(=O)CN3C(=O)CS[C@H]3c3ccccc3)C(C)C)o2)c1. The first-order chi connectivity index (χ1) is 16.8. The van der Waals surface area contributed by atoms with Crippen LogP contribution in [-0.4, -0.2) is 51.0 Å². The molecular weight excluding hydrogens is 464 g/mol. The number of ketones is 1. The monoisotopic (exact) mass is 492 g/mol. The van der Waals surface area contributed by atoms with Crippen molar-refractivity contribution in [1.82, 2.24) is 20.4 Å². The van der Waals surface area contributed by atoms with E-state index in [2.05, 4.69) is 15.5 Å². The van der Waals surface area contributed by atoms with E-state index in [1.807, 2.05) is 75.4 Å². The third kappa shape index (κ3) is 5.97. The summed E-state index contributed by atoms with van der Waals surface area (Å²) in [5, 5.41) is 10.5. The standard InChI is InChI=1S/C26H28N4O4S/c1-16(2)23(24(33)25-29-28-21(34-25)13-18-9-7-8-17(3)12-18)27-20(31)14-30-22(32)15-35-26(30)19-10-5-4-6-11-19/h4-12,16,23,26H,13-15H2,1-3H3,(H,27,31)/t23-,26-/m0/s1. The quantitative estimate of drug-likeness (QED) is 0.455. The van der Waals surface area contributed by atoms with E-state index in [0.29, 0.717) is 18.1 Å². The maximum Gasteiger partial charge on any atom is 0.286 e. The third-order valence-electron chi connectivity index (χ3n) is 5.75. The number of carbonyl (C=O) groups is 3. The number of amides is 2. The summed E-state index contributed by atoms with van der Waals surface area (Å²) in [6.07, 6.45) is 0.413. The average Bonchev–Trinajstić information content (AvgIpc) is 3.44. The fourth-order valence-electron chi connectivity index (χ4n) is 3.98. The summed E-state index contributed by atoms with van der Waals surface area (Å²) in [7, 11) is 0. The number of Topliss-reactive ketones (excluding diaryl/α,β-unsaturated/α-hetero) is 1. The molecule has 1 saturated heterocycles. The second kappa shape index (κ2) is 10.9. The van der Waals surface area contributed by atoms with Crippen molar-refractivity contribution in [3.05, 3.63) is 83.1 Å². The van der Waals surface area contributed by atoms with Gasteiger partial charge in [-0.05, 0) is 24.0 Å². The zero-order chi connectivity index (χ0) is 24.9. The fourth-order valence-corrected chi connectivity index (χ4v) is 5.17. The van der Waals surface area contributed by atoms with Crippen LogP contribution in [0.15, 0.2) is 59.0 Å². The van der Waals surface area contributed by atoms with E-state index < -0.39 is 17.7 Å². The molecule has 0 saturated carbocycles. The Balaban J connectivity index is 1.42. The van der Waals surface area contributed by atoms with Crippen LogP contribution in [0.3, 0.4) is 0 Å². The van der Waals surface area contributed by atoms with Gasteiger partial charge in [-0.3, -0.25) is 14.4 Å².